The van der Waals surface area contributed by atoms with Crippen LogP contribution in [0.1, 0.15) is 89.9 Å². The van der Waals surface area contributed by atoms with Gasteiger partial charge in [-0.15, -0.1) is 0 Å². The van der Waals surface area contributed by atoms with Gasteiger partial charge < -0.3 is 15.1 Å². The molecule has 3 aliphatic rings. The van der Waals surface area contributed by atoms with Gasteiger partial charge in [0.1, 0.15) is 0 Å². The Labute approximate surface area is 170 Å². The topological polar surface area (TPSA) is 57.2 Å². The second-order valence-corrected chi connectivity index (χ2v) is 8.89. The molecule has 156 valence electrons. The molecule has 0 spiro atoms. The Hall–Kier alpha value is -1.59. The molecule has 0 bridgehead atoms. The van der Waals surface area contributed by atoms with Gasteiger partial charge in [-0.2, -0.15) is 15.0 Å². The molecule has 0 amide bonds. The van der Waals surface area contributed by atoms with E-state index in [2.05, 4.69) is 15.1 Å². The van der Waals surface area contributed by atoms with Crippen LogP contribution in [0.15, 0.2) is 0 Å². The smallest absolute Gasteiger partial charge is 0.231 e. The van der Waals surface area contributed by atoms with Crippen LogP contribution in [0.4, 0.5) is 17.8 Å². The monoisotopic (exact) mass is 386 g/mol. The van der Waals surface area contributed by atoms with Crippen molar-refractivity contribution in [1.82, 2.24) is 15.0 Å². The summed E-state index contributed by atoms with van der Waals surface area (Å²) in [5.74, 6) is 2.60. The minimum atomic E-state index is 0.530. The summed E-state index contributed by atoms with van der Waals surface area (Å²) in [6.07, 6.45) is 18.2. The molecule has 1 aromatic rings. The van der Waals surface area contributed by atoms with Crippen LogP contribution in [0.3, 0.4) is 0 Å². The predicted molar refractivity (Wildman–Crippen MR) is 116 cm³/mol. The minimum absolute atomic E-state index is 0.530. The first-order valence-corrected chi connectivity index (χ1v) is 11.9. The zero-order chi connectivity index (χ0) is 19.0. The SMILES string of the molecule is C1CCCN(c2nc(NC3CCCC3)nc(N3CCCCCCC3)n2)CCC1. The zero-order valence-corrected chi connectivity index (χ0v) is 17.5. The summed E-state index contributed by atoms with van der Waals surface area (Å²) in [6.45, 7) is 4.30. The first-order valence-electron chi connectivity index (χ1n) is 11.9. The van der Waals surface area contributed by atoms with E-state index in [-0.39, 0.29) is 0 Å². The maximum absolute atomic E-state index is 4.99. The van der Waals surface area contributed by atoms with Crippen LogP contribution >= 0.6 is 0 Å². The summed E-state index contributed by atoms with van der Waals surface area (Å²) in [7, 11) is 0. The molecule has 4 rings (SSSR count). The molecule has 28 heavy (non-hydrogen) atoms. The molecule has 1 saturated carbocycles. The van der Waals surface area contributed by atoms with Gasteiger partial charge in [-0.3, -0.25) is 0 Å². The van der Waals surface area contributed by atoms with Crippen molar-refractivity contribution >= 4 is 17.8 Å². The number of aromatic nitrogens is 3. The Morgan fingerprint density at radius 3 is 1.43 bits per heavy atom. The lowest BCUT2D eigenvalue weighted by Crippen LogP contribution is -2.33. The average Bonchev–Trinajstić information content (AvgIpc) is 3.14. The van der Waals surface area contributed by atoms with E-state index < -0.39 is 0 Å². The fourth-order valence-electron chi connectivity index (χ4n) is 4.85. The van der Waals surface area contributed by atoms with Crippen LogP contribution in [0.25, 0.3) is 0 Å². The highest BCUT2D eigenvalue weighted by atomic mass is 15.4. The van der Waals surface area contributed by atoms with Crippen molar-refractivity contribution in [3.05, 3.63) is 0 Å². The van der Waals surface area contributed by atoms with Gasteiger partial charge in [-0.1, -0.05) is 51.4 Å². The van der Waals surface area contributed by atoms with Crippen molar-refractivity contribution in [2.75, 3.05) is 41.3 Å². The van der Waals surface area contributed by atoms with Gasteiger partial charge in [0.15, 0.2) is 0 Å². The fraction of sp³-hybridized carbons (Fsp3) is 0.864. The Bertz CT molecular complexity index is 544. The van der Waals surface area contributed by atoms with Crippen molar-refractivity contribution in [2.45, 2.75) is 95.9 Å². The molecule has 2 aliphatic heterocycles. The van der Waals surface area contributed by atoms with Crippen LogP contribution in [-0.4, -0.2) is 47.2 Å². The standard InChI is InChI=1S/C22H38N6/c1-3-9-15-27(16-10-4-1)21-24-20(23-19-13-7-8-14-19)25-22(26-21)28-17-11-5-2-6-12-18-28/h19H,1-18H2,(H,23,24,25,26). The number of nitrogens with one attached hydrogen (secondary N) is 1. The summed E-state index contributed by atoms with van der Waals surface area (Å²) in [6, 6.07) is 0.530. The van der Waals surface area contributed by atoms with E-state index in [9.17, 15) is 0 Å². The van der Waals surface area contributed by atoms with E-state index >= 15 is 0 Å². The molecule has 3 fully saturated rings. The van der Waals surface area contributed by atoms with Crippen LogP contribution in [0, 0.1) is 0 Å². The molecule has 0 atom stereocenters. The molecule has 1 aliphatic carbocycles. The average molecular weight is 387 g/mol. The molecular weight excluding hydrogens is 348 g/mol. The Balaban J connectivity index is 1.57. The predicted octanol–water partition coefficient (Wildman–Crippen LogP) is 4.77. The van der Waals surface area contributed by atoms with Crippen LogP contribution in [0.5, 0.6) is 0 Å². The van der Waals surface area contributed by atoms with Crippen molar-refractivity contribution in [3.8, 4) is 0 Å². The summed E-state index contributed by atoms with van der Waals surface area (Å²) in [4.78, 5) is 19.6. The second-order valence-electron chi connectivity index (χ2n) is 8.89. The van der Waals surface area contributed by atoms with Crippen molar-refractivity contribution in [1.29, 1.82) is 0 Å². The summed E-state index contributed by atoms with van der Waals surface area (Å²) in [5, 5.41) is 3.64. The number of rotatable bonds is 4. The lowest BCUT2D eigenvalue weighted by atomic mass is 10.1. The molecule has 0 unspecified atom stereocenters. The van der Waals surface area contributed by atoms with Crippen LogP contribution in [-0.2, 0) is 0 Å². The van der Waals surface area contributed by atoms with E-state index in [0.717, 1.165) is 44.0 Å². The molecule has 0 aromatic carbocycles. The molecule has 6 heteroatoms. The highest BCUT2D eigenvalue weighted by Gasteiger charge is 2.21. The van der Waals surface area contributed by atoms with E-state index in [1.807, 2.05) is 0 Å². The molecule has 0 radical (unpaired) electrons. The maximum Gasteiger partial charge on any atom is 0.231 e. The lowest BCUT2D eigenvalue weighted by Gasteiger charge is -2.29. The molecule has 1 N–H and O–H groups in total. The first-order chi connectivity index (χ1) is 13.9. The third kappa shape index (κ3) is 5.48. The van der Waals surface area contributed by atoms with E-state index in [1.54, 1.807) is 0 Å². The minimum Gasteiger partial charge on any atom is -0.351 e. The van der Waals surface area contributed by atoms with E-state index in [0.29, 0.717) is 6.04 Å². The van der Waals surface area contributed by atoms with E-state index in [4.69, 9.17) is 15.0 Å². The van der Waals surface area contributed by atoms with Crippen molar-refractivity contribution < 1.29 is 0 Å². The van der Waals surface area contributed by atoms with Crippen LogP contribution in [0.2, 0.25) is 0 Å². The zero-order valence-electron chi connectivity index (χ0n) is 17.5. The van der Waals surface area contributed by atoms with Gasteiger partial charge >= 0.3 is 0 Å². The molecule has 2 saturated heterocycles. The second kappa shape index (κ2) is 10.3. The summed E-state index contributed by atoms with van der Waals surface area (Å²) >= 11 is 0. The number of hydrogen-bond acceptors (Lipinski definition) is 6. The largest absolute Gasteiger partial charge is 0.351 e. The first kappa shape index (κ1) is 19.7. The maximum atomic E-state index is 4.99. The van der Waals surface area contributed by atoms with Gasteiger partial charge in [-0.05, 0) is 38.5 Å². The number of anilines is 3. The number of nitrogens with zero attached hydrogens (tertiary/aromatic N) is 5. The van der Waals surface area contributed by atoms with Gasteiger partial charge in [0, 0.05) is 32.2 Å². The third-order valence-electron chi connectivity index (χ3n) is 6.58. The van der Waals surface area contributed by atoms with Crippen molar-refractivity contribution in [3.63, 3.8) is 0 Å². The Kier molecular flexibility index (Phi) is 7.23. The van der Waals surface area contributed by atoms with Gasteiger partial charge in [0.25, 0.3) is 0 Å². The molecule has 3 heterocycles. The molecule has 6 nitrogen and oxygen atoms in total. The lowest BCUT2D eigenvalue weighted by molar-refractivity contribution is 0.542. The van der Waals surface area contributed by atoms with Gasteiger partial charge in [-0.25, -0.2) is 0 Å². The quantitative estimate of drug-likeness (QED) is 0.804. The third-order valence-corrected chi connectivity index (χ3v) is 6.58. The Morgan fingerprint density at radius 1 is 0.536 bits per heavy atom. The summed E-state index contributed by atoms with van der Waals surface area (Å²) in [5.41, 5.74) is 0. The van der Waals surface area contributed by atoms with Crippen LogP contribution < -0.4 is 15.1 Å². The highest BCUT2D eigenvalue weighted by molar-refractivity contribution is 5.46. The summed E-state index contributed by atoms with van der Waals surface area (Å²) < 4.78 is 0. The van der Waals surface area contributed by atoms with Crippen molar-refractivity contribution in [2.24, 2.45) is 0 Å². The van der Waals surface area contributed by atoms with Gasteiger partial charge in [0.05, 0.1) is 0 Å². The molecular formula is C22H38N6. The fourth-order valence-corrected chi connectivity index (χ4v) is 4.85. The number of hydrogen-bond donors (Lipinski definition) is 1. The Morgan fingerprint density at radius 2 is 0.964 bits per heavy atom. The highest BCUT2D eigenvalue weighted by Crippen LogP contribution is 2.25. The molecule has 1 aromatic heterocycles. The normalized spacial score (nSPS) is 23.0. The van der Waals surface area contributed by atoms with Gasteiger partial charge in [0.2, 0.25) is 17.8 Å². The van der Waals surface area contributed by atoms with E-state index in [1.165, 1.54) is 89.9 Å².